The molecule has 4 heterocycles. The van der Waals surface area contributed by atoms with Crippen LogP contribution in [0, 0.1) is 5.92 Å². The van der Waals surface area contributed by atoms with Crippen LogP contribution in [0.3, 0.4) is 0 Å². The van der Waals surface area contributed by atoms with E-state index in [1.165, 1.54) is 16.4 Å². The Labute approximate surface area is 240 Å². The number of amides is 1. The van der Waals surface area contributed by atoms with Gasteiger partial charge < -0.3 is 29.4 Å². The highest BCUT2D eigenvalue weighted by atomic mass is 32.2. The first-order valence-electron chi connectivity index (χ1n) is 14.2. The smallest absolute Gasteiger partial charge is 0.243 e. The average molecular weight is 584 g/mol. The molecule has 2 fully saturated rings. The molecule has 6 rings (SSSR count). The number of hydrogen-bond acceptors (Lipinski definition) is 8. The van der Waals surface area contributed by atoms with Crippen molar-refractivity contribution in [2.45, 2.75) is 42.7 Å². The molecular weight excluding hydrogens is 546 g/mol. The summed E-state index contributed by atoms with van der Waals surface area (Å²) < 4.78 is 47.0. The van der Waals surface area contributed by atoms with Gasteiger partial charge in [0.25, 0.3) is 0 Å². The number of nitrogens with zero attached hydrogens (tertiary/aromatic N) is 4. The van der Waals surface area contributed by atoms with Crippen molar-refractivity contribution in [3.05, 3.63) is 48.3 Å². The number of piperidine rings is 1. The second kappa shape index (κ2) is 11.6. The molecule has 3 aromatic rings. The molecule has 220 valence electrons. The minimum atomic E-state index is -3.86. The second-order valence-electron chi connectivity index (χ2n) is 11.0. The maximum atomic E-state index is 13.8. The zero-order valence-corrected chi connectivity index (χ0v) is 24.1. The molecule has 3 aliphatic rings. The summed E-state index contributed by atoms with van der Waals surface area (Å²) in [6, 6.07) is 12.1. The molecule has 3 atom stereocenters. The standard InChI is InChI=1S/C29H37N5O6S/c1-38-13-5-12-34-25-8-3-2-7-24(25)31-28(34)20-6-4-11-32(17-20)29(35)22-18-33(19-23(22)30)41(36,37)21-9-10-26-27(16-21)40-15-14-39-26/h2-3,7-10,16,20,22-23H,4-6,11-15,17-19,30H2,1H3/t20?,22-,23-/m1/s1. The number of sulfonamides is 1. The minimum Gasteiger partial charge on any atom is -0.486 e. The van der Waals surface area contributed by atoms with Crippen LogP contribution < -0.4 is 15.2 Å². The lowest BCUT2D eigenvalue weighted by molar-refractivity contribution is -0.136. The van der Waals surface area contributed by atoms with Gasteiger partial charge in [0.1, 0.15) is 19.0 Å². The number of nitrogens with two attached hydrogens (primary N) is 1. The van der Waals surface area contributed by atoms with Gasteiger partial charge >= 0.3 is 0 Å². The molecule has 0 saturated carbocycles. The van der Waals surface area contributed by atoms with E-state index in [1.54, 1.807) is 13.2 Å². The summed E-state index contributed by atoms with van der Waals surface area (Å²) >= 11 is 0. The Bertz CT molecular complexity index is 1530. The predicted octanol–water partition coefficient (Wildman–Crippen LogP) is 2.20. The zero-order chi connectivity index (χ0) is 28.6. The van der Waals surface area contributed by atoms with E-state index in [4.69, 9.17) is 24.9 Å². The van der Waals surface area contributed by atoms with Crippen LogP contribution in [0.2, 0.25) is 0 Å². The van der Waals surface area contributed by atoms with E-state index in [0.29, 0.717) is 44.4 Å². The van der Waals surface area contributed by atoms with Gasteiger partial charge in [-0.2, -0.15) is 4.31 Å². The van der Waals surface area contributed by atoms with E-state index in [-0.39, 0.29) is 29.8 Å². The Kier molecular flexibility index (Phi) is 7.90. The molecule has 0 aliphatic carbocycles. The Morgan fingerprint density at radius 1 is 1.10 bits per heavy atom. The summed E-state index contributed by atoms with van der Waals surface area (Å²) in [7, 11) is -2.16. The molecular formula is C29H37N5O6S. The third-order valence-electron chi connectivity index (χ3n) is 8.31. The second-order valence-corrected chi connectivity index (χ2v) is 12.9. The first kappa shape index (κ1) is 28.0. The molecule has 1 unspecified atom stereocenters. The first-order valence-corrected chi connectivity index (χ1v) is 15.7. The molecule has 1 aromatic heterocycles. The van der Waals surface area contributed by atoms with Crippen molar-refractivity contribution < 1.29 is 27.4 Å². The lowest BCUT2D eigenvalue weighted by Crippen LogP contribution is -2.47. The van der Waals surface area contributed by atoms with Crippen LogP contribution in [-0.4, -0.2) is 92.2 Å². The van der Waals surface area contributed by atoms with Crippen LogP contribution in [0.1, 0.15) is 31.0 Å². The summed E-state index contributed by atoms with van der Waals surface area (Å²) in [5.74, 6) is 1.29. The van der Waals surface area contributed by atoms with Crippen molar-refractivity contribution in [3.8, 4) is 11.5 Å². The number of rotatable bonds is 8. The summed E-state index contributed by atoms with van der Waals surface area (Å²) in [6.45, 7) is 3.52. The molecule has 1 amide bonds. The van der Waals surface area contributed by atoms with Crippen molar-refractivity contribution >= 4 is 27.0 Å². The van der Waals surface area contributed by atoms with Gasteiger partial charge in [-0.05, 0) is 43.5 Å². The van der Waals surface area contributed by atoms with Crippen LogP contribution >= 0.6 is 0 Å². The Balaban J connectivity index is 1.18. The van der Waals surface area contributed by atoms with E-state index in [0.717, 1.165) is 42.7 Å². The number of aryl methyl sites for hydroxylation is 1. The van der Waals surface area contributed by atoms with Gasteiger partial charge in [-0.15, -0.1) is 0 Å². The largest absolute Gasteiger partial charge is 0.486 e. The van der Waals surface area contributed by atoms with Crippen LogP contribution in [0.5, 0.6) is 11.5 Å². The fraction of sp³-hybridized carbons (Fsp3) is 0.517. The molecule has 2 aromatic carbocycles. The fourth-order valence-corrected chi connectivity index (χ4v) is 7.73. The summed E-state index contributed by atoms with van der Waals surface area (Å²) in [5, 5.41) is 0. The minimum absolute atomic E-state index is 0.0491. The number of imidazole rings is 1. The monoisotopic (exact) mass is 583 g/mol. The number of carbonyl (C=O) groups is 1. The fourth-order valence-electron chi connectivity index (χ4n) is 6.21. The summed E-state index contributed by atoms with van der Waals surface area (Å²) in [4.78, 5) is 20.7. The molecule has 0 bridgehead atoms. The molecule has 2 saturated heterocycles. The maximum absolute atomic E-state index is 13.8. The number of fused-ring (bicyclic) bond motifs is 2. The van der Waals surface area contributed by atoms with Gasteiger partial charge in [0, 0.05) is 64.5 Å². The van der Waals surface area contributed by atoms with E-state index < -0.39 is 22.0 Å². The normalized spacial score (nSPS) is 23.3. The number of ether oxygens (including phenoxy) is 3. The van der Waals surface area contributed by atoms with Gasteiger partial charge in [-0.25, -0.2) is 13.4 Å². The van der Waals surface area contributed by atoms with Gasteiger partial charge in [-0.1, -0.05) is 12.1 Å². The van der Waals surface area contributed by atoms with Gasteiger partial charge in [0.2, 0.25) is 15.9 Å². The Hall–Kier alpha value is -3.19. The quantitative estimate of drug-likeness (QED) is 0.400. The van der Waals surface area contributed by atoms with Gasteiger partial charge in [-0.3, -0.25) is 4.79 Å². The summed E-state index contributed by atoms with van der Waals surface area (Å²) in [5.41, 5.74) is 8.45. The van der Waals surface area contributed by atoms with Crippen LogP contribution in [0.4, 0.5) is 0 Å². The van der Waals surface area contributed by atoms with E-state index in [9.17, 15) is 13.2 Å². The number of benzene rings is 2. The Morgan fingerprint density at radius 3 is 2.73 bits per heavy atom. The van der Waals surface area contributed by atoms with E-state index >= 15 is 0 Å². The van der Waals surface area contributed by atoms with Crippen molar-refractivity contribution in [3.63, 3.8) is 0 Å². The highest BCUT2D eigenvalue weighted by molar-refractivity contribution is 7.89. The van der Waals surface area contributed by atoms with Gasteiger partial charge in [0.15, 0.2) is 11.5 Å². The third-order valence-corrected chi connectivity index (χ3v) is 10.1. The van der Waals surface area contributed by atoms with Crippen LogP contribution in [-0.2, 0) is 26.1 Å². The molecule has 11 nitrogen and oxygen atoms in total. The van der Waals surface area contributed by atoms with E-state index in [1.807, 2.05) is 23.1 Å². The maximum Gasteiger partial charge on any atom is 0.243 e. The van der Waals surface area contributed by atoms with Crippen molar-refractivity contribution in [2.75, 3.05) is 53.1 Å². The number of aromatic nitrogens is 2. The van der Waals surface area contributed by atoms with Gasteiger partial charge in [0.05, 0.1) is 21.8 Å². The van der Waals surface area contributed by atoms with Crippen LogP contribution in [0.15, 0.2) is 47.4 Å². The number of para-hydroxylation sites is 2. The summed E-state index contributed by atoms with van der Waals surface area (Å²) in [6.07, 6.45) is 2.64. The number of likely N-dealkylation sites (tertiary alicyclic amines) is 1. The molecule has 0 radical (unpaired) electrons. The Morgan fingerprint density at radius 2 is 1.90 bits per heavy atom. The zero-order valence-electron chi connectivity index (χ0n) is 23.3. The number of hydrogen-bond donors (Lipinski definition) is 1. The van der Waals surface area contributed by atoms with Crippen molar-refractivity contribution in [2.24, 2.45) is 11.7 Å². The lowest BCUT2D eigenvalue weighted by Gasteiger charge is -2.35. The highest BCUT2D eigenvalue weighted by Gasteiger charge is 2.44. The molecule has 3 aliphatic heterocycles. The highest BCUT2D eigenvalue weighted by Crippen LogP contribution is 2.35. The van der Waals surface area contributed by atoms with E-state index in [2.05, 4.69) is 10.6 Å². The van der Waals surface area contributed by atoms with Crippen molar-refractivity contribution in [1.82, 2.24) is 18.8 Å². The lowest BCUT2D eigenvalue weighted by atomic mass is 9.94. The van der Waals surface area contributed by atoms with Crippen LogP contribution in [0.25, 0.3) is 11.0 Å². The average Bonchev–Trinajstić information content (AvgIpc) is 3.58. The number of methoxy groups -OCH3 is 1. The van der Waals surface area contributed by atoms with Crippen molar-refractivity contribution in [1.29, 1.82) is 0 Å². The first-order chi connectivity index (χ1) is 19.9. The molecule has 12 heteroatoms. The molecule has 0 spiro atoms. The number of carbonyl (C=O) groups excluding carboxylic acids is 1. The third kappa shape index (κ3) is 5.41. The molecule has 41 heavy (non-hydrogen) atoms. The SMILES string of the molecule is COCCCn1c(C2CCCN(C(=O)[C@@H]3CN(S(=O)(=O)c4ccc5c(c4)OCCO5)C[C@H]3N)C2)nc2ccccc21. The molecule has 2 N–H and O–H groups in total. The topological polar surface area (TPSA) is 129 Å². The predicted molar refractivity (Wildman–Crippen MR) is 152 cm³/mol.